The van der Waals surface area contributed by atoms with Gasteiger partial charge < -0.3 is 25.6 Å². The lowest BCUT2D eigenvalue weighted by atomic mass is 10.0. The Labute approximate surface area is 131 Å². The van der Waals surface area contributed by atoms with Crippen molar-refractivity contribution in [3.63, 3.8) is 0 Å². The molecule has 1 aromatic carbocycles. The van der Waals surface area contributed by atoms with Crippen molar-refractivity contribution in [2.45, 2.75) is 24.4 Å². The van der Waals surface area contributed by atoms with Gasteiger partial charge in [-0.2, -0.15) is 0 Å². The first-order valence-corrected chi connectivity index (χ1v) is 7.93. The largest absolute Gasteiger partial charge is 0.394 e. The average molecular weight is 307 g/mol. The first-order chi connectivity index (χ1) is 10.7. The van der Waals surface area contributed by atoms with Gasteiger partial charge in [0.1, 0.15) is 12.2 Å². The van der Waals surface area contributed by atoms with Crippen LogP contribution in [0.1, 0.15) is 0 Å². The maximum Gasteiger partial charge on any atom is 0.109 e. The third kappa shape index (κ3) is 2.98. The summed E-state index contributed by atoms with van der Waals surface area (Å²) in [5.74, 6) is 0. The molecule has 0 aliphatic carbocycles. The molecule has 0 radical (unpaired) electrons. The fraction of sp³-hybridized carbons (Fsp3) is 0.625. The van der Waals surface area contributed by atoms with Crippen LogP contribution in [0.4, 0.5) is 5.69 Å². The number of hydrogen-bond donors (Lipinski definition) is 3. The maximum atomic E-state index is 10.4. The van der Waals surface area contributed by atoms with Gasteiger partial charge in [0.2, 0.25) is 0 Å². The van der Waals surface area contributed by atoms with Crippen LogP contribution in [0.3, 0.4) is 0 Å². The van der Waals surface area contributed by atoms with E-state index < -0.39 is 12.2 Å². The van der Waals surface area contributed by atoms with Crippen molar-refractivity contribution < 1.29 is 14.9 Å². The fourth-order valence-corrected chi connectivity index (χ4v) is 3.54. The number of piperazine rings is 1. The molecule has 3 rings (SSSR count). The Morgan fingerprint density at radius 3 is 2.36 bits per heavy atom. The molecule has 2 saturated heterocycles. The van der Waals surface area contributed by atoms with Crippen molar-refractivity contribution in [3.8, 4) is 0 Å². The van der Waals surface area contributed by atoms with Gasteiger partial charge in [-0.3, -0.25) is 4.90 Å². The maximum absolute atomic E-state index is 10.4. The van der Waals surface area contributed by atoms with Crippen LogP contribution < -0.4 is 10.6 Å². The van der Waals surface area contributed by atoms with E-state index in [1.807, 2.05) is 18.2 Å². The normalized spacial score (nSPS) is 33.3. The smallest absolute Gasteiger partial charge is 0.109 e. The van der Waals surface area contributed by atoms with E-state index in [1.165, 1.54) is 5.69 Å². The number of nitrogens with two attached hydrogens (primary N) is 1. The molecule has 0 spiro atoms. The summed E-state index contributed by atoms with van der Waals surface area (Å²) in [7, 11) is 0. The average Bonchev–Trinajstić information content (AvgIpc) is 2.91. The molecule has 2 fully saturated rings. The van der Waals surface area contributed by atoms with E-state index in [-0.39, 0.29) is 18.8 Å². The molecule has 2 aliphatic heterocycles. The van der Waals surface area contributed by atoms with Crippen LogP contribution >= 0.6 is 0 Å². The number of aliphatic hydroxyl groups is 2. The van der Waals surface area contributed by atoms with Crippen molar-refractivity contribution in [2.24, 2.45) is 5.73 Å². The van der Waals surface area contributed by atoms with Gasteiger partial charge in [-0.1, -0.05) is 18.2 Å². The minimum absolute atomic E-state index is 0.125. The molecule has 2 heterocycles. The number of nitrogens with zero attached hydrogens (tertiary/aromatic N) is 2. The monoisotopic (exact) mass is 307 g/mol. The summed E-state index contributed by atoms with van der Waals surface area (Å²) < 4.78 is 5.67. The molecule has 6 heteroatoms. The second-order valence-electron chi connectivity index (χ2n) is 5.97. The quantitative estimate of drug-likeness (QED) is 0.679. The molecular formula is C16H25N3O3. The van der Waals surface area contributed by atoms with Crippen LogP contribution in [0.25, 0.3) is 0 Å². The van der Waals surface area contributed by atoms with Crippen LogP contribution in [0.2, 0.25) is 0 Å². The number of benzene rings is 1. The molecule has 0 aromatic heterocycles. The van der Waals surface area contributed by atoms with Gasteiger partial charge in [-0.25, -0.2) is 0 Å². The van der Waals surface area contributed by atoms with Gasteiger partial charge in [0, 0.05) is 38.4 Å². The number of rotatable bonds is 4. The third-order valence-electron chi connectivity index (χ3n) is 4.73. The lowest BCUT2D eigenvalue weighted by Crippen LogP contribution is -2.57. The van der Waals surface area contributed by atoms with E-state index in [9.17, 15) is 10.2 Å². The fourth-order valence-electron chi connectivity index (χ4n) is 3.54. The number of ether oxygens (including phenoxy) is 1. The highest BCUT2D eigenvalue weighted by molar-refractivity contribution is 5.46. The van der Waals surface area contributed by atoms with E-state index in [4.69, 9.17) is 10.5 Å². The molecule has 4 N–H and O–H groups in total. The summed E-state index contributed by atoms with van der Waals surface area (Å²) >= 11 is 0. The molecule has 0 saturated carbocycles. The minimum atomic E-state index is -0.679. The highest BCUT2D eigenvalue weighted by Crippen LogP contribution is 2.27. The Hall–Kier alpha value is -1.18. The van der Waals surface area contributed by atoms with Crippen LogP contribution in [0.5, 0.6) is 0 Å². The molecule has 0 bridgehead atoms. The molecule has 2 aliphatic rings. The van der Waals surface area contributed by atoms with Crippen LogP contribution in [-0.4, -0.2) is 78.8 Å². The minimum Gasteiger partial charge on any atom is -0.394 e. The Balaban J connectivity index is 1.63. The Kier molecular flexibility index (Phi) is 4.95. The van der Waals surface area contributed by atoms with Crippen LogP contribution in [0, 0.1) is 0 Å². The highest BCUT2D eigenvalue weighted by Gasteiger charge is 2.46. The van der Waals surface area contributed by atoms with Crippen molar-refractivity contribution in [2.75, 3.05) is 44.2 Å². The summed E-state index contributed by atoms with van der Waals surface area (Å²) in [6.07, 6.45) is -1.41. The van der Waals surface area contributed by atoms with Crippen molar-refractivity contribution in [1.82, 2.24) is 4.90 Å². The van der Waals surface area contributed by atoms with Crippen molar-refractivity contribution in [1.29, 1.82) is 0 Å². The summed E-state index contributed by atoms with van der Waals surface area (Å²) in [5, 5.41) is 19.7. The Morgan fingerprint density at radius 1 is 1.09 bits per heavy atom. The zero-order valence-electron chi connectivity index (χ0n) is 12.7. The molecule has 4 atom stereocenters. The zero-order chi connectivity index (χ0) is 15.5. The molecule has 1 aromatic rings. The van der Waals surface area contributed by atoms with Crippen molar-refractivity contribution in [3.05, 3.63) is 30.3 Å². The van der Waals surface area contributed by atoms with E-state index >= 15 is 0 Å². The summed E-state index contributed by atoms with van der Waals surface area (Å²) in [5.41, 5.74) is 7.00. The van der Waals surface area contributed by atoms with E-state index in [0.717, 1.165) is 26.2 Å². The highest BCUT2D eigenvalue weighted by atomic mass is 16.5. The van der Waals surface area contributed by atoms with E-state index in [2.05, 4.69) is 21.9 Å². The van der Waals surface area contributed by atoms with Gasteiger partial charge in [0.25, 0.3) is 0 Å². The van der Waals surface area contributed by atoms with Gasteiger partial charge in [0.15, 0.2) is 0 Å². The Morgan fingerprint density at radius 2 is 1.77 bits per heavy atom. The molecule has 6 nitrogen and oxygen atoms in total. The molecule has 22 heavy (non-hydrogen) atoms. The molecule has 0 unspecified atom stereocenters. The predicted molar refractivity (Wildman–Crippen MR) is 84.8 cm³/mol. The second-order valence-corrected chi connectivity index (χ2v) is 5.97. The van der Waals surface area contributed by atoms with Gasteiger partial charge >= 0.3 is 0 Å². The lowest BCUT2D eigenvalue weighted by Gasteiger charge is -2.41. The summed E-state index contributed by atoms with van der Waals surface area (Å²) in [6, 6.07) is 10.2. The Bertz CT molecular complexity index is 463. The summed E-state index contributed by atoms with van der Waals surface area (Å²) in [4.78, 5) is 4.59. The SMILES string of the molecule is NC[C@H]1O[C@@H](CO)[C@@H](O)[C@H]1N1CCN(c2ccccc2)CC1. The molecule has 122 valence electrons. The predicted octanol–water partition coefficient (Wildman–Crippen LogP) is -0.743. The van der Waals surface area contributed by atoms with Crippen LogP contribution in [0.15, 0.2) is 30.3 Å². The molecular weight excluding hydrogens is 282 g/mol. The lowest BCUT2D eigenvalue weighted by molar-refractivity contribution is -0.0193. The van der Waals surface area contributed by atoms with Crippen LogP contribution in [-0.2, 0) is 4.74 Å². The number of hydrogen-bond acceptors (Lipinski definition) is 6. The van der Waals surface area contributed by atoms with Gasteiger partial charge in [0.05, 0.1) is 18.8 Å². The molecule has 0 amide bonds. The third-order valence-corrected chi connectivity index (χ3v) is 4.73. The van der Waals surface area contributed by atoms with E-state index in [0.29, 0.717) is 6.54 Å². The van der Waals surface area contributed by atoms with Crippen molar-refractivity contribution >= 4 is 5.69 Å². The standard InChI is InChI=1S/C16H25N3O3/c17-10-13-15(16(21)14(11-20)22-13)19-8-6-18(7-9-19)12-4-2-1-3-5-12/h1-5,13-16,20-21H,6-11,17H2/t13-,14+,15+,16-/m1/s1. The number of para-hydroxylation sites is 1. The summed E-state index contributed by atoms with van der Waals surface area (Å²) in [6.45, 7) is 3.72. The van der Waals surface area contributed by atoms with E-state index in [1.54, 1.807) is 0 Å². The van der Waals surface area contributed by atoms with Gasteiger partial charge in [-0.15, -0.1) is 0 Å². The number of anilines is 1. The zero-order valence-corrected chi connectivity index (χ0v) is 12.7. The first-order valence-electron chi connectivity index (χ1n) is 7.93. The first kappa shape index (κ1) is 15.7. The number of aliphatic hydroxyl groups excluding tert-OH is 2. The second kappa shape index (κ2) is 6.93. The van der Waals surface area contributed by atoms with Gasteiger partial charge in [-0.05, 0) is 12.1 Å². The topological polar surface area (TPSA) is 82.2 Å².